The monoisotopic (exact) mass is 295 g/mol. The van der Waals surface area contributed by atoms with Gasteiger partial charge in [0, 0.05) is 10.5 Å². The van der Waals surface area contributed by atoms with Gasteiger partial charge in [0.25, 0.3) is 0 Å². The summed E-state index contributed by atoms with van der Waals surface area (Å²) in [6.07, 6.45) is 5.59. The standard InChI is InChI=1S/C15H22BrN/c1-10-8-11(2)15(14(16)9-10)17-12(3)13-6-4-5-7-13/h8-9,12-13,17H,4-7H2,1-3H3. The van der Waals surface area contributed by atoms with Gasteiger partial charge >= 0.3 is 0 Å². The van der Waals surface area contributed by atoms with Gasteiger partial charge in [-0.15, -0.1) is 0 Å². The number of aryl methyl sites for hydroxylation is 2. The maximum Gasteiger partial charge on any atom is 0.0516 e. The molecule has 2 heteroatoms. The molecule has 1 aromatic rings. The zero-order valence-electron chi connectivity index (χ0n) is 11.0. The molecule has 94 valence electrons. The fourth-order valence-corrected chi connectivity index (χ4v) is 3.69. The van der Waals surface area contributed by atoms with Crippen molar-refractivity contribution in [1.82, 2.24) is 0 Å². The highest BCUT2D eigenvalue weighted by Crippen LogP contribution is 2.33. The van der Waals surface area contributed by atoms with Crippen LogP contribution in [0.3, 0.4) is 0 Å². The molecule has 1 nitrogen and oxygen atoms in total. The van der Waals surface area contributed by atoms with E-state index in [4.69, 9.17) is 0 Å². The molecule has 1 N–H and O–H groups in total. The number of nitrogens with one attached hydrogen (secondary N) is 1. The molecule has 0 bridgehead atoms. The molecule has 0 radical (unpaired) electrons. The Labute approximate surface area is 113 Å². The van der Waals surface area contributed by atoms with Gasteiger partial charge < -0.3 is 5.32 Å². The summed E-state index contributed by atoms with van der Waals surface area (Å²) in [5, 5.41) is 3.70. The summed E-state index contributed by atoms with van der Waals surface area (Å²) in [4.78, 5) is 0. The molecule has 0 amide bonds. The molecule has 1 aromatic carbocycles. The van der Waals surface area contributed by atoms with E-state index in [-0.39, 0.29) is 0 Å². The highest BCUT2D eigenvalue weighted by molar-refractivity contribution is 9.10. The molecule has 1 saturated carbocycles. The van der Waals surface area contributed by atoms with Gasteiger partial charge in [-0.3, -0.25) is 0 Å². The first-order chi connectivity index (χ1) is 8.08. The molecular weight excluding hydrogens is 274 g/mol. The van der Waals surface area contributed by atoms with Crippen LogP contribution in [0.2, 0.25) is 0 Å². The summed E-state index contributed by atoms with van der Waals surface area (Å²) in [5.41, 5.74) is 3.92. The Morgan fingerprint density at radius 2 is 1.88 bits per heavy atom. The summed E-state index contributed by atoms with van der Waals surface area (Å²) in [7, 11) is 0. The van der Waals surface area contributed by atoms with Crippen LogP contribution in [0, 0.1) is 19.8 Å². The van der Waals surface area contributed by atoms with Crippen molar-refractivity contribution in [2.24, 2.45) is 5.92 Å². The quantitative estimate of drug-likeness (QED) is 0.822. The molecule has 0 aliphatic heterocycles. The number of rotatable bonds is 3. The van der Waals surface area contributed by atoms with Crippen LogP contribution in [0.15, 0.2) is 16.6 Å². The van der Waals surface area contributed by atoms with Crippen molar-refractivity contribution in [2.45, 2.75) is 52.5 Å². The molecule has 1 aliphatic rings. The van der Waals surface area contributed by atoms with Crippen LogP contribution >= 0.6 is 15.9 Å². The van der Waals surface area contributed by atoms with Crippen LogP contribution in [0.25, 0.3) is 0 Å². The van der Waals surface area contributed by atoms with E-state index in [2.05, 4.69) is 54.2 Å². The Bertz CT molecular complexity index is 371. The second-order valence-corrected chi connectivity index (χ2v) is 6.27. The maximum absolute atomic E-state index is 3.70. The highest BCUT2D eigenvalue weighted by Gasteiger charge is 2.22. The first kappa shape index (κ1) is 12.9. The van der Waals surface area contributed by atoms with Gasteiger partial charge in [0.05, 0.1) is 5.69 Å². The van der Waals surface area contributed by atoms with Crippen molar-refractivity contribution in [2.75, 3.05) is 5.32 Å². The third-order valence-electron chi connectivity index (χ3n) is 3.91. The van der Waals surface area contributed by atoms with Gasteiger partial charge in [0.1, 0.15) is 0 Å². The summed E-state index contributed by atoms with van der Waals surface area (Å²) in [5.74, 6) is 0.850. The fraction of sp³-hybridized carbons (Fsp3) is 0.600. The lowest BCUT2D eigenvalue weighted by atomic mass is 9.99. The van der Waals surface area contributed by atoms with Crippen molar-refractivity contribution in [3.05, 3.63) is 27.7 Å². The van der Waals surface area contributed by atoms with E-state index in [0.29, 0.717) is 6.04 Å². The third kappa shape index (κ3) is 3.04. The lowest BCUT2D eigenvalue weighted by Crippen LogP contribution is -2.24. The van der Waals surface area contributed by atoms with E-state index in [1.165, 1.54) is 47.0 Å². The summed E-state index contributed by atoms with van der Waals surface area (Å²) < 4.78 is 1.19. The van der Waals surface area contributed by atoms with Gasteiger partial charge in [-0.25, -0.2) is 0 Å². The normalized spacial score (nSPS) is 18.4. The fourth-order valence-electron chi connectivity index (χ4n) is 2.90. The van der Waals surface area contributed by atoms with E-state index in [0.717, 1.165) is 5.92 Å². The zero-order valence-corrected chi connectivity index (χ0v) is 12.6. The molecule has 0 saturated heterocycles. The van der Waals surface area contributed by atoms with Crippen LogP contribution in [-0.2, 0) is 0 Å². The first-order valence-corrected chi connectivity index (χ1v) is 7.40. The first-order valence-electron chi connectivity index (χ1n) is 6.61. The van der Waals surface area contributed by atoms with Crippen molar-refractivity contribution < 1.29 is 0 Å². The molecule has 17 heavy (non-hydrogen) atoms. The highest BCUT2D eigenvalue weighted by atomic mass is 79.9. The molecule has 1 aliphatic carbocycles. The average molecular weight is 296 g/mol. The van der Waals surface area contributed by atoms with E-state index >= 15 is 0 Å². The second kappa shape index (κ2) is 5.43. The van der Waals surface area contributed by atoms with Crippen LogP contribution < -0.4 is 5.32 Å². The van der Waals surface area contributed by atoms with Crippen LogP contribution in [0.1, 0.15) is 43.7 Å². The molecular formula is C15H22BrN. The number of benzene rings is 1. The minimum absolute atomic E-state index is 0.579. The minimum atomic E-state index is 0.579. The smallest absolute Gasteiger partial charge is 0.0516 e. The van der Waals surface area contributed by atoms with Crippen molar-refractivity contribution in [3.63, 3.8) is 0 Å². The van der Waals surface area contributed by atoms with Gasteiger partial charge in [-0.05, 0) is 72.7 Å². The average Bonchev–Trinajstić information content (AvgIpc) is 2.76. The van der Waals surface area contributed by atoms with Crippen LogP contribution in [0.5, 0.6) is 0 Å². The Hall–Kier alpha value is -0.500. The Balaban J connectivity index is 2.12. The molecule has 1 atom stereocenters. The van der Waals surface area contributed by atoms with E-state index in [1.54, 1.807) is 0 Å². The predicted octanol–water partition coefficient (Wildman–Crippen LogP) is 5.06. The van der Waals surface area contributed by atoms with Gasteiger partial charge in [0.15, 0.2) is 0 Å². The van der Waals surface area contributed by atoms with Gasteiger partial charge in [0.2, 0.25) is 0 Å². The van der Waals surface area contributed by atoms with E-state index in [1.807, 2.05) is 0 Å². The van der Waals surface area contributed by atoms with Crippen LogP contribution in [-0.4, -0.2) is 6.04 Å². The third-order valence-corrected chi connectivity index (χ3v) is 4.54. The van der Waals surface area contributed by atoms with Crippen molar-refractivity contribution in [3.8, 4) is 0 Å². The van der Waals surface area contributed by atoms with E-state index < -0.39 is 0 Å². The minimum Gasteiger partial charge on any atom is -0.381 e. The topological polar surface area (TPSA) is 12.0 Å². The van der Waals surface area contributed by atoms with Gasteiger partial charge in [-0.1, -0.05) is 18.9 Å². The number of halogens is 1. The number of anilines is 1. The number of hydrogen-bond donors (Lipinski definition) is 1. The van der Waals surface area contributed by atoms with E-state index in [9.17, 15) is 0 Å². The Morgan fingerprint density at radius 1 is 1.24 bits per heavy atom. The Morgan fingerprint density at radius 3 is 2.47 bits per heavy atom. The molecule has 1 fully saturated rings. The maximum atomic E-state index is 3.70. The molecule has 0 heterocycles. The molecule has 0 aromatic heterocycles. The largest absolute Gasteiger partial charge is 0.381 e. The Kier molecular flexibility index (Phi) is 4.13. The SMILES string of the molecule is Cc1cc(C)c(NC(C)C2CCCC2)c(Br)c1. The summed E-state index contributed by atoms with van der Waals surface area (Å²) in [6.45, 7) is 6.64. The summed E-state index contributed by atoms with van der Waals surface area (Å²) >= 11 is 3.67. The van der Waals surface area contributed by atoms with Crippen molar-refractivity contribution >= 4 is 21.6 Å². The summed E-state index contributed by atoms with van der Waals surface area (Å²) in [6, 6.07) is 5.01. The van der Waals surface area contributed by atoms with Gasteiger partial charge in [-0.2, -0.15) is 0 Å². The predicted molar refractivity (Wildman–Crippen MR) is 78.7 cm³/mol. The second-order valence-electron chi connectivity index (χ2n) is 5.42. The lowest BCUT2D eigenvalue weighted by Gasteiger charge is -2.23. The van der Waals surface area contributed by atoms with Crippen molar-refractivity contribution in [1.29, 1.82) is 0 Å². The zero-order chi connectivity index (χ0) is 12.4. The van der Waals surface area contributed by atoms with Crippen LogP contribution in [0.4, 0.5) is 5.69 Å². The molecule has 0 spiro atoms. The molecule has 1 unspecified atom stereocenters. The molecule has 2 rings (SSSR count). The number of hydrogen-bond acceptors (Lipinski definition) is 1. The lowest BCUT2D eigenvalue weighted by molar-refractivity contribution is 0.482.